The van der Waals surface area contributed by atoms with Crippen LogP contribution in [-0.2, 0) is 21.2 Å². The summed E-state index contributed by atoms with van der Waals surface area (Å²) in [5.74, 6) is 0.619. The highest BCUT2D eigenvalue weighted by Crippen LogP contribution is 2.28. The molecule has 0 N–H and O–H groups in total. The maximum atomic E-state index is 13.1. The van der Waals surface area contributed by atoms with Gasteiger partial charge in [-0.3, -0.25) is 4.79 Å². The molecular weight excluding hydrogens is 386 g/mol. The first-order valence-corrected chi connectivity index (χ1v) is 12.1. The van der Waals surface area contributed by atoms with Crippen molar-refractivity contribution in [2.45, 2.75) is 57.2 Å². The Hall–Kier alpha value is -1.81. The van der Waals surface area contributed by atoms with Crippen molar-refractivity contribution in [3.8, 4) is 11.4 Å². The Morgan fingerprint density at radius 2 is 2.04 bits per heavy atom. The molecule has 3 heterocycles. The minimum atomic E-state index is -3.05. The van der Waals surface area contributed by atoms with Gasteiger partial charge in [-0.2, -0.15) is 16.1 Å². The summed E-state index contributed by atoms with van der Waals surface area (Å²) in [6.07, 6.45) is 5.74. The van der Waals surface area contributed by atoms with Crippen LogP contribution in [0.2, 0.25) is 0 Å². The highest BCUT2D eigenvalue weighted by atomic mass is 32.2. The van der Waals surface area contributed by atoms with Crippen LogP contribution in [0.1, 0.15) is 38.5 Å². The van der Waals surface area contributed by atoms with E-state index in [1.54, 1.807) is 11.3 Å². The van der Waals surface area contributed by atoms with Crippen molar-refractivity contribution in [3.05, 3.63) is 16.8 Å². The van der Waals surface area contributed by atoms with E-state index in [2.05, 4.69) is 15.4 Å². The van der Waals surface area contributed by atoms with E-state index in [-0.39, 0.29) is 36.0 Å². The van der Waals surface area contributed by atoms with Gasteiger partial charge < -0.3 is 4.90 Å². The van der Waals surface area contributed by atoms with Gasteiger partial charge in [-0.1, -0.05) is 19.3 Å². The molecule has 1 aliphatic carbocycles. The standard InChI is InChI=1S/C17H23N5O3S2/c23-16(10-21-19-17(18-20-21)13-6-8-26-11-13)22(14-4-2-1-3-5-14)15-7-9-27(24,25)12-15/h6,8,11,14-15H,1-5,7,9-10,12H2/t15-/m1/s1. The van der Waals surface area contributed by atoms with Gasteiger partial charge in [-0.05, 0) is 35.9 Å². The third kappa shape index (κ3) is 4.21. The Morgan fingerprint density at radius 3 is 2.70 bits per heavy atom. The van der Waals surface area contributed by atoms with Crippen molar-refractivity contribution in [1.82, 2.24) is 25.1 Å². The first kappa shape index (κ1) is 18.5. The molecule has 1 aliphatic heterocycles. The van der Waals surface area contributed by atoms with E-state index in [1.807, 2.05) is 21.7 Å². The van der Waals surface area contributed by atoms with E-state index in [0.29, 0.717) is 12.2 Å². The molecule has 2 aromatic rings. The van der Waals surface area contributed by atoms with E-state index in [0.717, 1.165) is 31.2 Å². The quantitative estimate of drug-likeness (QED) is 0.746. The molecule has 0 aromatic carbocycles. The van der Waals surface area contributed by atoms with Gasteiger partial charge in [0.1, 0.15) is 6.54 Å². The maximum absolute atomic E-state index is 13.1. The molecule has 1 saturated heterocycles. The summed E-state index contributed by atoms with van der Waals surface area (Å²) in [6, 6.07) is 1.79. The molecule has 0 spiro atoms. The van der Waals surface area contributed by atoms with Crippen molar-refractivity contribution in [1.29, 1.82) is 0 Å². The molecule has 2 aromatic heterocycles. The topological polar surface area (TPSA) is 98.1 Å². The number of rotatable bonds is 5. The van der Waals surface area contributed by atoms with Crippen LogP contribution < -0.4 is 0 Å². The predicted octanol–water partition coefficient (Wildman–Crippen LogP) is 1.75. The summed E-state index contributed by atoms with van der Waals surface area (Å²) in [5, 5.41) is 16.2. The molecule has 0 unspecified atom stereocenters. The second kappa shape index (κ2) is 7.67. The molecule has 10 heteroatoms. The summed E-state index contributed by atoms with van der Waals surface area (Å²) in [6.45, 7) is -0.00974. The van der Waals surface area contributed by atoms with Gasteiger partial charge in [0.25, 0.3) is 0 Å². The van der Waals surface area contributed by atoms with Crippen LogP contribution in [0.4, 0.5) is 0 Å². The molecule has 8 nitrogen and oxygen atoms in total. The molecule has 4 rings (SSSR count). The Balaban J connectivity index is 1.51. The number of hydrogen-bond acceptors (Lipinski definition) is 7. The monoisotopic (exact) mass is 409 g/mol. The molecule has 146 valence electrons. The van der Waals surface area contributed by atoms with Crippen molar-refractivity contribution >= 4 is 27.1 Å². The van der Waals surface area contributed by atoms with Gasteiger partial charge in [-0.25, -0.2) is 8.42 Å². The van der Waals surface area contributed by atoms with Crippen LogP contribution in [-0.4, -0.2) is 63.0 Å². The average molecular weight is 410 g/mol. The number of amides is 1. The van der Waals surface area contributed by atoms with Crippen molar-refractivity contribution in [2.75, 3.05) is 11.5 Å². The number of aromatic nitrogens is 4. The van der Waals surface area contributed by atoms with E-state index in [4.69, 9.17) is 0 Å². The van der Waals surface area contributed by atoms with Crippen molar-refractivity contribution in [3.63, 3.8) is 0 Å². The van der Waals surface area contributed by atoms with Crippen LogP contribution in [0, 0.1) is 0 Å². The zero-order valence-corrected chi connectivity index (χ0v) is 16.7. The molecule has 2 aliphatic rings. The molecule has 1 atom stereocenters. The summed E-state index contributed by atoms with van der Waals surface area (Å²) < 4.78 is 23.9. The lowest BCUT2D eigenvalue weighted by molar-refractivity contribution is -0.137. The number of nitrogens with zero attached hydrogens (tertiary/aromatic N) is 5. The molecule has 0 radical (unpaired) electrons. The average Bonchev–Trinajstić information content (AvgIpc) is 3.37. The second-order valence-corrected chi connectivity index (χ2v) is 10.3. The van der Waals surface area contributed by atoms with Gasteiger partial charge in [0.05, 0.1) is 11.5 Å². The Kier molecular flexibility index (Phi) is 5.27. The van der Waals surface area contributed by atoms with Gasteiger partial charge in [0, 0.05) is 23.0 Å². The molecule has 1 saturated carbocycles. The highest BCUT2D eigenvalue weighted by molar-refractivity contribution is 7.91. The van der Waals surface area contributed by atoms with Crippen LogP contribution >= 0.6 is 11.3 Å². The van der Waals surface area contributed by atoms with Crippen molar-refractivity contribution in [2.24, 2.45) is 0 Å². The first-order valence-electron chi connectivity index (χ1n) is 9.34. The molecular formula is C17H23N5O3S2. The fraction of sp³-hybridized carbons (Fsp3) is 0.647. The third-order valence-corrected chi connectivity index (χ3v) is 7.80. The zero-order valence-electron chi connectivity index (χ0n) is 15.0. The Bertz CT molecular complexity index is 888. The Morgan fingerprint density at radius 1 is 1.22 bits per heavy atom. The van der Waals surface area contributed by atoms with Crippen LogP contribution in [0.3, 0.4) is 0 Å². The lowest BCUT2D eigenvalue weighted by Gasteiger charge is -2.38. The van der Waals surface area contributed by atoms with Gasteiger partial charge in [0.15, 0.2) is 9.84 Å². The van der Waals surface area contributed by atoms with Gasteiger partial charge in [0.2, 0.25) is 11.7 Å². The highest BCUT2D eigenvalue weighted by Gasteiger charge is 2.38. The molecule has 27 heavy (non-hydrogen) atoms. The largest absolute Gasteiger partial charge is 0.334 e. The fourth-order valence-electron chi connectivity index (χ4n) is 4.08. The maximum Gasteiger partial charge on any atom is 0.246 e. The lowest BCUT2D eigenvalue weighted by atomic mass is 9.93. The van der Waals surface area contributed by atoms with Crippen LogP contribution in [0.25, 0.3) is 11.4 Å². The Labute approximate surface area is 162 Å². The summed E-state index contributed by atoms with van der Waals surface area (Å²) in [7, 11) is -3.05. The number of tetrazole rings is 1. The zero-order chi connectivity index (χ0) is 18.9. The fourth-order valence-corrected chi connectivity index (χ4v) is 6.43. The molecule has 1 amide bonds. The first-order chi connectivity index (χ1) is 13.0. The van der Waals surface area contributed by atoms with E-state index < -0.39 is 9.84 Å². The minimum absolute atomic E-state index is 0.00974. The normalized spacial score (nSPS) is 22.7. The van der Waals surface area contributed by atoms with Gasteiger partial charge in [-0.15, -0.1) is 10.2 Å². The van der Waals surface area contributed by atoms with E-state index in [9.17, 15) is 13.2 Å². The summed E-state index contributed by atoms with van der Waals surface area (Å²) >= 11 is 1.55. The third-order valence-electron chi connectivity index (χ3n) is 5.37. The second-order valence-electron chi connectivity index (χ2n) is 7.31. The minimum Gasteiger partial charge on any atom is -0.334 e. The van der Waals surface area contributed by atoms with Crippen LogP contribution in [0.5, 0.6) is 0 Å². The van der Waals surface area contributed by atoms with E-state index >= 15 is 0 Å². The predicted molar refractivity (Wildman–Crippen MR) is 102 cm³/mol. The smallest absolute Gasteiger partial charge is 0.246 e. The van der Waals surface area contributed by atoms with Crippen LogP contribution in [0.15, 0.2) is 16.8 Å². The van der Waals surface area contributed by atoms with E-state index in [1.165, 1.54) is 11.2 Å². The van der Waals surface area contributed by atoms with Gasteiger partial charge >= 0.3 is 0 Å². The number of sulfone groups is 1. The van der Waals surface area contributed by atoms with Crippen molar-refractivity contribution < 1.29 is 13.2 Å². The number of hydrogen-bond donors (Lipinski definition) is 0. The summed E-state index contributed by atoms with van der Waals surface area (Å²) in [5.41, 5.74) is 0.879. The summed E-state index contributed by atoms with van der Waals surface area (Å²) in [4.78, 5) is 16.3. The number of thiophene rings is 1. The lowest BCUT2D eigenvalue weighted by Crippen LogP contribution is -2.50. The number of carbonyl (C=O) groups is 1. The molecule has 0 bridgehead atoms. The SMILES string of the molecule is O=C(Cn1nnc(-c2ccsc2)n1)N(C1CCCCC1)[C@@H]1CCS(=O)(=O)C1. The molecule has 2 fully saturated rings. The number of carbonyl (C=O) groups excluding carboxylic acids is 1.